The standard InChI is InChI=1S/C22H23F2N5O2/c1-14-15(4-3-5-18(14)22(2,23)24)11-25-21(31)16-10-19(20-26-13-27-29(20)12-16)28-8-6-17(30)7-9-28/h3-5,10,12-13H,6-9,11H2,1-2H3,(H,25,31). The summed E-state index contributed by atoms with van der Waals surface area (Å²) in [7, 11) is 0. The Hall–Kier alpha value is -3.36. The molecule has 4 rings (SSSR count). The van der Waals surface area contributed by atoms with Crippen LogP contribution in [-0.2, 0) is 17.3 Å². The zero-order valence-corrected chi connectivity index (χ0v) is 17.4. The van der Waals surface area contributed by atoms with E-state index >= 15 is 0 Å². The van der Waals surface area contributed by atoms with Crippen molar-refractivity contribution in [2.45, 2.75) is 39.2 Å². The minimum absolute atomic E-state index is 0.0507. The van der Waals surface area contributed by atoms with Gasteiger partial charge >= 0.3 is 0 Å². The number of anilines is 1. The third-order valence-corrected chi connectivity index (χ3v) is 5.64. The second-order valence-electron chi connectivity index (χ2n) is 7.83. The molecule has 7 nitrogen and oxygen atoms in total. The molecule has 2 aromatic heterocycles. The summed E-state index contributed by atoms with van der Waals surface area (Å²) in [6.45, 7) is 3.73. The summed E-state index contributed by atoms with van der Waals surface area (Å²) < 4.78 is 29.1. The van der Waals surface area contributed by atoms with E-state index in [4.69, 9.17) is 0 Å². The summed E-state index contributed by atoms with van der Waals surface area (Å²) in [6, 6.07) is 6.42. The van der Waals surface area contributed by atoms with Gasteiger partial charge in [-0.25, -0.2) is 18.3 Å². The largest absolute Gasteiger partial charge is 0.368 e. The fraction of sp³-hybridized carbons (Fsp3) is 0.364. The van der Waals surface area contributed by atoms with E-state index in [0.717, 1.165) is 12.6 Å². The van der Waals surface area contributed by atoms with Crippen molar-refractivity contribution >= 4 is 23.0 Å². The van der Waals surface area contributed by atoms with Gasteiger partial charge < -0.3 is 10.2 Å². The Balaban J connectivity index is 1.57. The van der Waals surface area contributed by atoms with Crippen LogP contribution < -0.4 is 10.2 Å². The van der Waals surface area contributed by atoms with Crippen molar-refractivity contribution in [1.82, 2.24) is 19.9 Å². The molecule has 3 aromatic rings. The fourth-order valence-electron chi connectivity index (χ4n) is 3.89. The van der Waals surface area contributed by atoms with E-state index < -0.39 is 5.92 Å². The summed E-state index contributed by atoms with van der Waals surface area (Å²) in [4.78, 5) is 30.8. The molecule has 9 heteroatoms. The molecule has 0 unspecified atom stereocenters. The number of amides is 1. The summed E-state index contributed by atoms with van der Waals surface area (Å²) >= 11 is 0. The molecule has 0 saturated carbocycles. The normalized spacial score (nSPS) is 14.8. The molecule has 1 N–H and O–H groups in total. The van der Waals surface area contributed by atoms with Crippen LogP contribution in [0.3, 0.4) is 0 Å². The highest BCUT2D eigenvalue weighted by molar-refractivity contribution is 5.96. The first kappa shape index (κ1) is 20.9. The van der Waals surface area contributed by atoms with E-state index in [1.165, 1.54) is 16.9 Å². The number of hydrogen-bond acceptors (Lipinski definition) is 5. The van der Waals surface area contributed by atoms with Gasteiger partial charge in [-0.3, -0.25) is 9.59 Å². The van der Waals surface area contributed by atoms with Crippen LogP contribution in [0.2, 0.25) is 0 Å². The van der Waals surface area contributed by atoms with Crippen molar-refractivity contribution in [3.05, 3.63) is 59.0 Å². The third-order valence-electron chi connectivity index (χ3n) is 5.64. The number of carbonyl (C=O) groups excluding carboxylic acids is 2. The molecule has 0 atom stereocenters. The summed E-state index contributed by atoms with van der Waals surface area (Å²) in [6.07, 6.45) is 3.90. The Bertz CT molecular complexity index is 1140. The number of fused-ring (bicyclic) bond motifs is 1. The van der Waals surface area contributed by atoms with Crippen LogP contribution >= 0.6 is 0 Å². The van der Waals surface area contributed by atoms with Crippen molar-refractivity contribution in [3.8, 4) is 0 Å². The quantitative estimate of drug-likeness (QED) is 0.676. The Kier molecular flexibility index (Phi) is 5.43. The molecule has 1 aliphatic heterocycles. The summed E-state index contributed by atoms with van der Waals surface area (Å²) in [5, 5.41) is 6.96. The second-order valence-corrected chi connectivity index (χ2v) is 7.83. The maximum atomic E-state index is 13.8. The Morgan fingerprint density at radius 2 is 2.00 bits per heavy atom. The molecule has 1 fully saturated rings. The molecule has 31 heavy (non-hydrogen) atoms. The molecule has 0 radical (unpaired) electrons. The monoisotopic (exact) mass is 427 g/mol. The average molecular weight is 427 g/mol. The van der Waals surface area contributed by atoms with Gasteiger partial charge in [0, 0.05) is 51.2 Å². The van der Waals surface area contributed by atoms with E-state index in [0.29, 0.717) is 48.3 Å². The molecule has 0 spiro atoms. The van der Waals surface area contributed by atoms with Crippen molar-refractivity contribution in [2.24, 2.45) is 0 Å². The highest BCUT2D eigenvalue weighted by Gasteiger charge is 2.27. The topological polar surface area (TPSA) is 79.6 Å². The van der Waals surface area contributed by atoms with Gasteiger partial charge in [0.1, 0.15) is 12.1 Å². The summed E-state index contributed by atoms with van der Waals surface area (Å²) in [5.41, 5.74) is 2.76. The SMILES string of the molecule is Cc1c(CNC(=O)c2cc(N3CCC(=O)CC3)c3ncnn3c2)cccc1C(C)(F)F. The fourth-order valence-corrected chi connectivity index (χ4v) is 3.89. The lowest BCUT2D eigenvalue weighted by Crippen LogP contribution is -2.34. The lowest BCUT2D eigenvalue weighted by atomic mass is 9.98. The number of nitrogens with zero attached hydrogens (tertiary/aromatic N) is 4. The zero-order valence-electron chi connectivity index (χ0n) is 17.4. The molecule has 0 aliphatic carbocycles. The zero-order chi connectivity index (χ0) is 22.2. The van der Waals surface area contributed by atoms with Crippen LogP contribution in [0.25, 0.3) is 5.65 Å². The lowest BCUT2D eigenvalue weighted by Gasteiger charge is -2.28. The first-order valence-corrected chi connectivity index (χ1v) is 10.1. The lowest BCUT2D eigenvalue weighted by molar-refractivity contribution is -0.119. The number of Topliss-reactive ketones (excluding diaryl/α,β-unsaturated/α-hetero) is 1. The van der Waals surface area contributed by atoms with Crippen LogP contribution in [0.4, 0.5) is 14.5 Å². The van der Waals surface area contributed by atoms with Gasteiger partial charge in [-0.2, -0.15) is 5.10 Å². The number of rotatable bonds is 5. The number of pyridine rings is 1. The van der Waals surface area contributed by atoms with Crippen LogP contribution in [0.15, 0.2) is 36.8 Å². The summed E-state index contributed by atoms with van der Waals surface area (Å²) in [5.74, 6) is -3.08. The Labute approximate surface area is 178 Å². The van der Waals surface area contributed by atoms with Gasteiger partial charge in [-0.1, -0.05) is 18.2 Å². The Morgan fingerprint density at radius 1 is 1.26 bits per heavy atom. The van der Waals surface area contributed by atoms with E-state index in [-0.39, 0.29) is 23.8 Å². The van der Waals surface area contributed by atoms with Crippen LogP contribution in [-0.4, -0.2) is 39.4 Å². The predicted octanol–water partition coefficient (Wildman–Crippen LogP) is 3.25. The van der Waals surface area contributed by atoms with Crippen molar-refractivity contribution in [2.75, 3.05) is 18.0 Å². The predicted molar refractivity (Wildman–Crippen MR) is 111 cm³/mol. The number of halogens is 2. The number of alkyl halides is 2. The van der Waals surface area contributed by atoms with Gasteiger partial charge in [0.05, 0.1) is 11.3 Å². The van der Waals surface area contributed by atoms with Crippen molar-refractivity contribution in [1.29, 1.82) is 0 Å². The maximum absolute atomic E-state index is 13.8. The van der Waals surface area contributed by atoms with Gasteiger partial charge in [0.2, 0.25) is 0 Å². The van der Waals surface area contributed by atoms with Gasteiger partial charge in [-0.15, -0.1) is 0 Å². The van der Waals surface area contributed by atoms with Crippen LogP contribution in [0, 0.1) is 6.92 Å². The number of nitrogens with one attached hydrogen (secondary N) is 1. The van der Waals surface area contributed by atoms with Gasteiger partial charge in [0.25, 0.3) is 11.8 Å². The smallest absolute Gasteiger partial charge is 0.270 e. The van der Waals surface area contributed by atoms with Crippen LogP contribution in [0.5, 0.6) is 0 Å². The molecule has 1 saturated heterocycles. The van der Waals surface area contributed by atoms with Crippen LogP contribution in [0.1, 0.15) is 46.8 Å². The molecule has 0 bridgehead atoms. The van der Waals surface area contributed by atoms with Crippen molar-refractivity contribution in [3.63, 3.8) is 0 Å². The number of aromatic nitrogens is 3. The average Bonchev–Trinajstić information content (AvgIpc) is 3.20. The number of piperidine rings is 1. The van der Waals surface area contributed by atoms with Gasteiger partial charge in [-0.05, 0) is 24.1 Å². The minimum atomic E-state index is -2.95. The highest BCUT2D eigenvalue weighted by atomic mass is 19.3. The second kappa shape index (κ2) is 8.05. The molecule has 3 heterocycles. The van der Waals surface area contributed by atoms with E-state index in [9.17, 15) is 18.4 Å². The number of carbonyl (C=O) groups is 2. The Morgan fingerprint density at radius 3 is 2.71 bits per heavy atom. The maximum Gasteiger partial charge on any atom is 0.270 e. The van der Waals surface area contributed by atoms with Crippen molar-refractivity contribution < 1.29 is 18.4 Å². The highest BCUT2D eigenvalue weighted by Crippen LogP contribution is 2.31. The first-order valence-electron chi connectivity index (χ1n) is 10.1. The van der Waals surface area contributed by atoms with Gasteiger partial charge in [0.15, 0.2) is 5.65 Å². The van der Waals surface area contributed by atoms with E-state index in [1.54, 1.807) is 31.3 Å². The number of hydrogen-bond donors (Lipinski definition) is 1. The number of benzene rings is 1. The number of ketones is 1. The molecule has 1 aromatic carbocycles. The molecule has 1 amide bonds. The first-order chi connectivity index (χ1) is 14.7. The van der Waals surface area contributed by atoms with E-state index in [1.807, 2.05) is 4.90 Å². The molecular weight excluding hydrogens is 404 g/mol. The molecule has 1 aliphatic rings. The molecular formula is C22H23F2N5O2. The third kappa shape index (κ3) is 4.26. The molecule has 162 valence electrons. The van der Waals surface area contributed by atoms with E-state index in [2.05, 4.69) is 15.4 Å². The minimum Gasteiger partial charge on any atom is -0.368 e.